The number of phenols is 1. The summed E-state index contributed by atoms with van der Waals surface area (Å²) < 4.78 is 5.12. The van der Waals surface area contributed by atoms with E-state index in [9.17, 15) is 5.11 Å². The zero-order valence-electron chi connectivity index (χ0n) is 11.6. The molecule has 4 heteroatoms. The molecule has 0 fully saturated rings. The zero-order chi connectivity index (χ0) is 13.9. The molecule has 0 atom stereocenters. The molecule has 2 N–H and O–H groups in total. The number of methoxy groups -OCH3 is 1. The summed E-state index contributed by atoms with van der Waals surface area (Å²) in [6, 6.07) is 7.81. The molecule has 0 amide bonds. The highest BCUT2D eigenvalue weighted by Crippen LogP contribution is 2.30. The van der Waals surface area contributed by atoms with E-state index in [1.165, 1.54) is 24.1 Å². The molecule has 20 heavy (non-hydrogen) atoms. The number of aromatic hydroxyl groups is 1. The highest BCUT2D eigenvalue weighted by molar-refractivity contribution is 7.12. The van der Waals surface area contributed by atoms with Crippen LogP contribution in [0.4, 0.5) is 0 Å². The summed E-state index contributed by atoms with van der Waals surface area (Å²) in [7, 11) is 1.57. The van der Waals surface area contributed by atoms with Crippen LogP contribution >= 0.6 is 11.3 Å². The van der Waals surface area contributed by atoms with Gasteiger partial charge in [-0.15, -0.1) is 11.3 Å². The van der Waals surface area contributed by atoms with Crippen molar-refractivity contribution in [3.8, 4) is 11.5 Å². The second kappa shape index (κ2) is 5.85. The van der Waals surface area contributed by atoms with Crippen molar-refractivity contribution in [1.29, 1.82) is 0 Å². The third kappa shape index (κ3) is 2.81. The molecule has 0 unspecified atom stereocenters. The molecule has 0 bridgehead atoms. The first-order valence-electron chi connectivity index (χ1n) is 6.93. The van der Waals surface area contributed by atoms with Crippen molar-refractivity contribution in [2.24, 2.45) is 0 Å². The van der Waals surface area contributed by atoms with Gasteiger partial charge in [0.15, 0.2) is 11.5 Å². The molecular formula is C16H19NO2S. The maximum Gasteiger partial charge on any atom is 0.160 e. The number of nitrogens with one attached hydrogen (secondary N) is 1. The number of hydrogen-bond acceptors (Lipinski definition) is 4. The van der Waals surface area contributed by atoms with Crippen molar-refractivity contribution in [2.45, 2.75) is 32.4 Å². The van der Waals surface area contributed by atoms with Crippen LogP contribution in [0, 0.1) is 0 Å². The largest absolute Gasteiger partial charge is 0.504 e. The van der Waals surface area contributed by atoms with Crippen molar-refractivity contribution in [2.75, 3.05) is 7.11 Å². The van der Waals surface area contributed by atoms with E-state index >= 15 is 0 Å². The van der Waals surface area contributed by atoms with Gasteiger partial charge in [0.2, 0.25) is 0 Å². The molecule has 1 aromatic carbocycles. The lowest BCUT2D eigenvalue weighted by atomic mass is 10.2. The van der Waals surface area contributed by atoms with E-state index in [4.69, 9.17) is 4.74 Å². The smallest absolute Gasteiger partial charge is 0.160 e. The van der Waals surface area contributed by atoms with Gasteiger partial charge in [-0.2, -0.15) is 0 Å². The van der Waals surface area contributed by atoms with E-state index in [0.717, 1.165) is 18.7 Å². The predicted octanol–water partition coefficient (Wildman–Crippen LogP) is 3.24. The number of hydrogen-bond donors (Lipinski definition) is 2. The minimum absolute atomic E-state index is 0.186. The van der Waals surface area contributed by atoms with Gasteiger partial charge < -0.3 is 15.2 Å². The fourth-order valence-corrected chi connectivity index (χ4v) is 3.87. The Balaban J connectivity index is 1.56. The van der Waals surface area contributed by atoms with Gasteiger partial charge >= 0.3 is 0 Å². The molecule has 0 aliphatic heterocycles. The molecule has 1 aromatic heterocycles. The summed E-state index contributed by atoms with van der Waals surface area (Å²) in [5, 5.41) is 13.0. The molecule has 3 nitrogen and oxygen atoms in total. The summed E-state index contributed by atoms with van der Waals surface area (Å²) in [5.41, 5.74) is 2.67. The molecule has 0 saturated heterocycles. The fourth-order valence-electron chi connectivity index (χ4n) is 2.64. The average molecular weight is 289 g/mol. The summed E-state index contributed by atoms with van der Waals surface area (Å²) in [4.78, 5) is 2.99. The Morgan fingerprint density at radius 3 is 2.95 bits per heavy atom. The van der Waals surface area contributed by atoms with Crippen LogP contribution in [0.5, 0.6) is 11.5 Å². The molecule has 0 spiro atoms. The highest BCUT2D eigenvalue weighted by Gasteiger charge is 2.14. The zero-order valence-corrected chi connectivity index (χ0v) is 12.4. The molecule has 106 valence electrons. The van der Waals surface area contributed by atoms with Crippen molar-refractivity contribution < 1.29 is 9.84 Å². The standard InChI is InChI=1S/C16H19NO2S/c1-19-15-7-11(5-6-14(15)18)9-17-10-13-8-12-3-2-4-16(12)20-13/h5-8,17-18H,2-4,9-10H2,1H3. The van der Waals surface area contributed by atoms with Gasteiger partial charge in [0.1, 0.15) is 0 Å². The van der Waals surface area contributed by atoms with Crippen molar-refractivity contribution in [3.63, 3.8) is 0 Å². The first kappa shape index (κ1) is 13.5. The van der Waals surface area contributed by atoms with Crippen LogP contribution < -0.4 is 10.1 Å². The quantitative estimate of drug-likeness (QED) is 0.888. The van der Waals surface area contributed by atoms with E-state index in [1.807, 2.05) is 23.5 Å². The lowest BCUT2D eigenvalue weighted by Gasteiger charge is -2.07. The fraction of sp³-hybridized carbons (Fsp3) is 0.375. The Bertz CT molecular complexity index is 585. The van der Waals surface area contributed by atoms with Gasteiger partial charge in [-0.05, 0) is 48.6 Å². The van der Waals surface area contributed by atoms with Crippen LogP contribution in [0.15, 0.2) is 24.3 Å². The van der Waals surface area contributed by atoms with E-state index in [2.05, 4.69) is 11.4 Å². The maximum absolute atomic E-state index is 9.56. The van der Waals surface area contributed by atoms with E-state index in [-0.39, 0.29) is 5.75 Å². The van der Waals surface area contributed by atoms with Crippen molar-refractivity contribution in [3.05, 3.63) is 45.1 Å². The van der Waals surface area contributed by atoms with Crippen LogP contribution in [0.3, 0.4) is 0 Å². The third-order valence-electron chi connectivity index (χ3n) is 3.67. The Morgan fingerprint density at radius 2 is 2.15 bits per heavy atom. The molecule has 0 radical (unpaired) electrons. The minimum atomic E-state index is 0.186. The number of rotatable bonds is 5. The van der Waals surface area contributed by atoms with Crippen LogP contribution in [0.2, 0.25) is 0 Å². The van der Waals surface area contributed by atoms with E-state index in [0.29, 0.717) is 5.75 Å². The number of ether oxygens (including phenoxy) is 1. The van der Waals surface area contributed by atoms with Gasteiger partial charge in [0, 0.05) is 22.8 Å². The molecule has 0 saturated carbocycles. The number of fused-ring (bicyclic) bond motifs is 1. The van der Waals surface area contributed by atoms with E-state index in [1.54, 1.807) is 23.6 Å². The predicted molar refractivity (Wildman–Crippen MR) is 81.5 cm³/mol. The van der Waals surface area contributed by atoms with Crippen LogP contribution in [0.1, 0.15) is 27.3 Å². The van der Waals surface area contributed by atoms with Gasteiger partial charge in [0.05, 0.1) is 7.11 Å². The summed E-state index contributed by atoms with van der Waals surface area (Å²) in [6.45, 7) is 1.68. The van der Waals surface area contributed by atoms with Gasteiger partial charge in [0.25, 0.3) is 0 Å². The Kier molecular flexibility index (Phi) is 3.94. The molecule has 1 aliphatic carbocycles. The first-order chi connectivity index (χ1) is 9.76. The summed E-state index contributed by atoms with van der Waals surface area (Å²) >= 11 is 1.94. The highest BCUT2D eigenvalue weighted by atomic mass is 32.1. The second-order valence-electron chi connectivity index (χ2n) is 5.12. The van der Waals surface area contributed by atoms with E-state index < -0.39 is 0 Å². The minimum Gasteiger partial charge on any atom is -0.504 e. The van der Waals surface area contributed by atoms with Gasteiger partial charge in [-0.1, -0.05) is 6.07 Å². The first-order valence-corrected chi connectivity index (χ1v) is 7.75. The Morgan fingerprint density at radius 1 is 1.25 bits per heavy atom. The SMILES string of the molecule is COc1cc(CNCc2cc3c(s2)CCC3)ccc1O. The topological polar surface area (TPSA) is 41.5 Å². The monoisotopic (exact) mass is 289 g/mol. The lowest BCUT2D eigenvalue weighted by Crippen LogP contribution is -2.11. The van der Waals surface area contributed by atoms with Crippen molar-refractivity contribution >= 4 is 11.3 Å². The number of thiophene rings is 1. The Labute approximate surface area is 123 Å². The molecular weight excluding hydrogens is 270 g/mol. The number of benzene rings is 1. The van der Waals surface area contributed by atoms with Gasteiger partial charge in [-0.3, -0.25) is 0 Å². The molecule has 2 aromatic rings. The Hall–Kier alpha value is -1.52. The van der Waals surface area contributed by atoms with Crippen LogP contribution in [-0.4, -0.2) is 12.2 Å². The maximum atomic E-state index is 9.56. The normalized spacial score (nSPS) is 13.4. The average Bonchev–Trinajstić information content (AvgIpc) is 3.01. The molecule has 3 rings (SSSR count). The molecule has 1 heterocycles. The van der Waals surface area contributed by atoms with Crippen molar-refractivity contribution in [1.82, 2.24) is 5.32 Å². The summed E-state index contributed by atoms with van der Waals surface area (Å²) in [6.07, 6.45) is 3.83. The van der Waals surface area contributed by atoms with Crippen LogP contribution in [-0.2, 0) is 25.9 Å². The third-order valence-corrected chi connectivity index (χ3v) is 4.91. The second-order valence-corrected chi connectivity index (χ2v) is 6.35. The molecule has 1 aliphatic rings. The van der Waals surface area contributed by atoms with Gasteiger partial charge in [-0.25, -0.2) is 0 Å². The number of phenolic OH excluding ortho intramolecular Hbond substituents is 1. The summed E-state index contributed by atoms with van der Waals surface area (Å²) in [5.74, 6) is 0.713. The van der Waals surface area contributed by atoms with Crippen LogP contribution in [0.25, 0.3) is 0 Å². The lowest BCUT2D eigenvalue weighted by molar-refractivity contribution is 0.373. The number of aryl methyl sites for hydroxylation is 2.